The molecule has 0 aliphatic rings. The predicted molar refractivity (Wildman–Crippen MR) is 110 cm³/mol. The van der Waals surface area contributed by atoms with Gasteiger partial charge < -0.3 is 10.6 Å². The van der Waals surface area contributed by atoms with Crippen molar-refractivity contribution in [2.45, 2.75) is 13.5 Å². The van der Waals surface area contributed by atoms with Gasteiger partial charge in [-0.2, -0.15) is 0 Å². The van der Waals surface area contributed by atoms with Gasteiger partial charge in [0.15, 0.2) is 0 Å². The van der Waals surface area contributed by atoms with Crippen LogP contribution in [-0.4, -0.2) is 20.9 Å². The van der Waals surface area contributed by atoms with Crippen LogP contribution < -0.4 is 10.6 Å². The van der Waals surface area contributed by atoms with Crippen molar-refractivity contribution in [1.29, 1.82) is 0 Å². The van der Waals surface area contributed by atoms with Gasteiger partial charge in [-0.05, 0) is 24.6 Å². The van der Waals surface area contributed by atoms with Crippen LogP contribution >= 0.6 is 0 Å². The third kappa shape index (κ3) is 3.96. The van der Waals surface area contributed by atoms with E-state index in [0.29, 0.717) is 18.1 Å². The summed E-state index contributed by atoms with van der Waals surface area (Å²) >= 11 is 0. The van der Waals surface area contributed by atoms with Crippen LogP contribution in [-0.2, 0) is 6.54 Å². The molecule has 0 saturated heterocycles. The van der Waals surface area contributed by atoms with E-state index < -0.39 is 0 Å². The summed E-state index contributed by atoms with van der Waals surface area (Å²) < 4.78 is 0. The summed E-state index contributed by atoms with van der Waals surface area (Å²) in [5.41, 5.74) is 4.03. The van der Waals surface area contributed by atoms with Crippen molar-refractivity contribution < 1.29 is 4.79 Å². The highest BCUT2D eigenvalue weighted by Crippen LogP contribution is 2.21. The lowest BCUT2D eigenvalue weighted by molar-refractivity contribution is 0.102. The van der Waals surface area contributed by atoms with Gasteiger partial charge in [0.25, 0.3) is 5.91 Å². The fourth-order valence-electron chi connectivity index (χ4n) is 2.87. The first kappa shape index (κ1) is 17.6. The molecule has 4 aromatic rings. The zero-order valence-corrected chi connectivity index (χ0v) is 15.4. The highest BCUT2D eigenvalue weighted by molar-refractivity contribution is 6.07. The van der Waals surface area contributed by atoms with Crippen molar-refractivity contribution in [2.75, 3.05) is 10.6 Å². The monoisotopic (exact) mass is 369 g/mol. The molecule has 0 saturated carbocycles. The Morgan fingerprint density at radius 2 is 1.79 bits per heavy atom. The molecule has 2 heterocycles. The number of nitrogens with zero attached hydrogens (tertiary/aromatic N) is 3. The summed E-state index contributed by atoms with van der Waals surface area (Å²) in [7, 11) is 0. The Labute approximate surface area is 162 Å². The second kappa shape index (κ2) is 7.84. The first-order valence-corrected chi connectivity index (χ1v) is 8.95. The second-order valence-corrected chi connectivity index (χ2v) is 6.46. The van der Waals surface area contributed by atoms with Crippen LogP contribution in [0.4, 0.5) is 11.5 Å². The molecular weight excluding hydrogens is 350 g/mol. The molecule has 0 radical (unpaired) electrons. The van der Waals surface area contributed by atoms with Gasteiger partial charge in [-0.1, -0.05) is 48.0 Å². The molecule has 28 heavy (non-hydrogen) atoms. The first-order chi connectivity index (χ1) is 13.7. The Morgan fingerprint density at radius 1 is 0.964 bits per heavy atom. The molecule has 0 fully saturated rings. The second-order valence-electron chi connectivity index (χ2n) is 6.46. The number of rotatable bonds is 5. The molecule has 138 valence electrons. The third-order valence-corrected chi connectivity index (χ3v) is 4.37. The van der Waals surface area contributed by atoms with Crippen molar-refractivity contribution in [2.24, 2.45) is 0 Å². The van der Waals surface area contributed by atoms with Gasteiger partial charge in [-0.15, -0.1) is 0 Å². The number of aryl methyl sites for hydroxylation is 1. The average molecular weight is 369 g/mol. The van der Waals surface area contributed by atoms with Crippen molar-refractivity contribution in [3.8, 4) is 0 Å². The number of hydrogen-bond donors (Lipinski definition) is 2. The molecule has 4 rings (SSSR count). The molecule has 2 N–H and O–H groups in total. The summed E-state index contributed by atoms with van der Waals surface area (Å²) in [5.74, 6) is 0.288. The van der Waals surface area contributed by atoms with Crippen LogP contribution in [0.25, 0.3) is 10.9 Å². The summed E-state index contributed by atoms with van der Waals surface area (Å²) in [5, 5.41) is 7.08. The fraction of sp³-hybridized carbons (Fsp3) is 0.0909. The van der Waals surface area contributed by atoms with E-state index in [1.165, 1.54) is 11.9 Å². The summed E-state index contributed by atoms with van der Waals surface area (Å²) in [6.45, 7) is 2.67. The van der Waals surface area contributed by atoms with Crippen LogP contribution in [0.2, 0.25) is 0 Å². The number of carbonyl (C=O) groups excluding carboxylic acids is 1. The minimum Gasteiger partial charge on any atom is -0.366 e. The number of nitrogens with one attached hydrogen (secondary N) is 2. The smallest absolute Gasteiger partial charge is 0.274 e. The van der Waals surface area contributed by atoms with E-state index in [1.807, 2.05) is 30.3 Å². The van der Waals surface area contributed by atoms with Crippen LogP contribution in [0.1, 0.15) is 21.6 Å². The molecule has 2 aromatic heterocycles. The molecular formula is C22H19N5O. The van der Waals surface area contributed by atoms with Crippen LogP contribution in [0.5, 0.6) is 0 Å². The van der Waals surface area contributed by atoms with Crippen molar-refractivity contribution in [1.82, 2.24) is 15.0 Å². The predicted octanol–water partition coefficient (Wildman–Crippen LogP) is 4.20. The quantitative estimate of drug-likeness (QED) is 0.551. The maximum absolute atomic E-state index is 12.7. The first-order valence-electron chi connectivity index (χ1n) is 8.95. The maximum Gasteiger partial charge on any atom is 0.274 e. The molecule has 0 spiro atoms. The SMILES string of the molecule is Cc1ccc(CNc2cc(C(=O)Nc3cccc4cccnc34)ncn2)cc1. The number of fused-ring (bicyclic) bond motifs is 1. The van der Waals surface area contributed by atoms with E-state index in [-0.39, 0.29) is 11.6 Å². The molecule has 6 nitrogen and oxygen atoms in total. The normalized spacial score (nSPS) is 10.6. The highest BCUT2D eigenvalue weighted by Gasteiger charge is 2.11. The molecule has 0 bridgehead atoms. The number of benzene rings is 2. The van der Waals surface area contributed by atoms with Crippen LogP contribution in [0.3, 0.4) is 0 Å². The highest BCUT2D eigenvalue weighted by atomic mass is 16.1. The van der Waals surface area contributed by atoms with Gasteiger partial charge in [-0.3, -0.25) is 9.78 Å². The van der Waals surface area contributed by atoms with Gasteiger partial charge in [0, 0.05) is 24.2 Å². The summed E-state index contributed by atoms with van der Waals surface area (Å²) in [6.07, 6.45) is 3.09. The molecule has 0 aliphatic heterocycles. The molecule has 6 heteroatoms. The number of carbonyl (C=O) groups is 1. The van der Waals surface area contributed by atoms with Gasteiger partial charge >= 0.3 is 0 Å². The Kier molecular flexibility index (Phi) is 4.93. The summed E-state index contributed by atoms with van der Waals surface area (Å²) in [6, 6.07) is 19.4. The minimum atomic E-state index is -0.307. The standard InChI is InChI=1S/C22H19N5O/c1-15-7-9-16(10-8-15)13-24-20-12-19(25-14-26-20)22(28)27-18-6-2-4-17-5-3-11-23-21(17)18/h2-12,14H,13H2,1H3,(H,27,28)(H,24,25,26). The topological polar surface area (TPSA) is 79.8 Å². The number of hydrogen-bond acceptors (Lipinski definition) is 5. The Balaban J connectivity index is 1.48. The number of aromatic nitrogens is 3. The minimum absolute atomic E-state index is 0.286. The lowest BCUT2D eigenvalue weighted by atomic mass is 10.1. The average Bonchev–Trinajstić information content (AvgIpc) is 2.74. The molecule has 0 atom stereocenters. The van der Waals surface area contributed by atoms with Crippen molar-refractivity contribution in [3.63, 3.8) is 0 Å². The summed E-state index contributed by atoms with van der Waals surface area (Å²) in [4.78, 5) is 25.3. The largest absolute Gasteiger partial charge is 0.366 e. The number of pyridine rings is 1. The van der Waals surface area contributed by atoms with Crippen molar-refractivity contribution >= 4 is 28.3 Å². The van der Waals surface area contributed by atoms with E-state index in [4.69, 9.17) is 0 Å². The Bertz CT molecular complexity index is 1120. The van der Waals surface area contributed by atoms with Crippen molar-refractivity contribution in [3.05, 3.63) is 90.0 Å². The van der Waals surface area contributed by atoms with Gasteiger partial charge in [-0.25, -0.2) is 9.97 Å². The lowest BCUT2D eigenvalue weighted by Gasteiger charge is -2.09. The van der Waals surface area contributed by atoms with Gasteiger partial charge in [0.2, 0.25) is 0 Å². The number of para-hydroxylation sites is 1. The zero-order valence-electron chi connectivity index (χ0n) is 15.4. The van der Waals surface area contributed by atoms with Crippen LogP contribution in [0, 0.1) is 6.92 Å². The van der Waals surface area contributed by atoms with E-state index in [9.17, 15) is 4.79 Å². The van der Waals surface area contributed by atoms with E-state index >= 15 is 0 Å². The van der Waals surface area contributed by atoms with Gasteiger partial charge in [0.05, 0.1) is 11.2 Å². The third-order valence-electron chi connectivity index (χ3n) is 4.37. The molecule has 1 amide bonds. The molecule has 0 aliphatic carbocycles. The van der Waals surface area contributed by atoms with E-state index in [1.54, 1.807) is 12.3 Å². The van der Waals surface area contributed by atoms with E-state index in [2.05, 4.69) is 56.8 Å². The number of amides is 1. The fourth-order valence-corrected chi connectivity index (χ4v) is 2.87. The molecule has 2 aromatic carbocycles. The Hall–Kier alpha value is -3.80. The lowest BCUT2D eigenvalue weighted by Crippen LogP contribution is -2.15. The van der Waals surface area contributed by atoms with E-state index in [0.717, 1.165) is 16.5 Å². The zero-order chi connectivity index (χ0) is 19.3. The van der Waals surface area contributed by atoms with Crippen LogP contribution in [0.15, 0.2) is 73.2 Å². The molecule has 0 unspecified atom stereocenters. The maximum atomic E-state index is 12.7. The Morgan fingerprint density at radius 3 is 2.64 bits per heavy atom. The van der Waals surface area contributed by atoms with Gasteiger partial charge in [0.1, 0.15) is 17.8 Å². The number of anilines is 2.